The molecule has 0 unspecified atom stereocenters. The average molecular weight is 199 g/mol. The Balaban J connectivity index is 2.05. The van der Waals surface area contributed by atoms with Crippen LogP contribution in [0.1, 0.15) is 6.92 Å². The van der Waals surface area contributed by atoms with Crippen LogP contribution in [0.4, 0.5) is 0 Å². The van der Waals surface area contributed by atoms with Gasteiger partial charge >= 0.3 is 0 Å². The average Bonchev–Trinajstić information content (AvgIpc) is 2.06. The molecule has 1 aromatic heterocycles. The maximum absolute atomic E-state index is 5.70. The van der Waals surface area contributed by atoms with Gasteiger partial charge in [-0.3, -0.25) is 0 Å². The molecule has 1 aromatic rings. The van der Waals surface area contributed by atoms with Crippen molar-refractivity contribution in [2.45, 2.75) is 12.5 Å². The molecule has 2 heterocycles. The van der Waals surface area contributed by atoms with Crippen LogP contribution < -0.4 is 10.1 Å². The summed E-state index contributed by atoms with van der Waals surface area (Å²) < 4.78 is 5.66. The Bertz CT molecular complexity index is 295. The first kappa shape index (κ1) is 8.78. The second-order valence-corrected chi connectivity index (χ2v) is 3.91. The molecule has 0 atom stereocenters. The topological polar surface area (TPSA) is 34.1 Å². The van der Waals surface area contributed by atoms with Crippen molar-refractivity contribution in [2.75, 3.05) is 13.1 Å². The van der Waals surface area contributed by atoms with Crippen LogP contribution in [-0.4, -0.2) is 23.7 Å². The van der Waals surface area contributed by atoms with E-state index in [1.165, 1.54) is 0 Å². The molecule has 1 N–H and O–H groups in total. The molecule has 0 amide bonds. The van der Waals surface area contributed by atoms with Crippen molar-refractivity contribution in [3.63, 3.8) is 0 Å². The van der Waals surface area contributed by atoms with Crippen LogP contribution in [-0.2, 0) is 0 Å². The Morgan fingerprint density at radius 1 is 1.54 bits per heavy atom. The highest BCUT2D eigenvalue weighted by Gasteiger charge is 2.34. The van der Waals surface area contributed by atoms with E-state index in [0.29, 0.717) is 10.9 Å². The summed E-state index contributed by atoms with van der Waals surface area (Å²) in [6, 6.07) is 3.56. The lowest BCUT2D eigenvalue weighted by Gasteiger charge is -2.38. The minimum atomic E-state index is -0.0964. The Morgan fingerprint density at radius 3 is 2.77 bits per heavy atom. The molecule has 4 heteroatoms. The third-order valence-electron chi connectivity index (χ3n) is 2.05. The maximum Gasteiger partial charge on any atom is 0.213 e. The Labute approximate surface area is 82.1 Å². The summed E-state index contributed by atoms with van der Waals surface area (Å²) in [5.74, 6) is 0.633. The molecule has 0 saturated carbocycles. The smallest absolute Gasteiger partial charge is 0.213 e. The third kappa shape index (κ3) is 1.92. The molecule has 0 aliphatic carbocycles. The predicted molar refractivity (Wildman–Crippen MR) is 51.1 cm³/mol. The van der Waals surface area contributed by atoms with E-state index in [0.717, 1.165) is 13.1 Å². The molecular weight excluding hydrogens is 188 g/mol. The number of hydrogen-bond acceptors (Lipinski definition) is 3. The normalized spacial score (nSPS) is 19.2. The lowest BCUT2D eigenvalue weighted by Crippen LogP contribution is -2.61. The maximum atomic E-state index is 5.70. The van der Waals surface area contributed by atoms with Gasteiger partial charge in [0.15, 0.2) is 0 Å². The van der Waals surface area contributed by atoms with Crippen molar-refractivity contribution in [1.82, 2.24) is 10.3 Å². The quantitative estimate of drug-likeness (QED) is 0.782. The second kappa shape index (κ2) is 3.16. The first-order chi connectivity index (χ1) is 6.18. The molecule has 1 aliphatic rings. The van der Waals surface area contributed by atoms with Crippen LogP contribution in [0.3, 0.4) is 0 Å². The lowest BCUT2D eigenvalue weighted by molar-refractivity contribution is 0.0305. The lowest BCUT2D eigenvalue weighted by atomic mass is 10.0. The summed E-state index contributed by atoms with van der Waals surface area (Å²) >= 11 is 5.70. The first-order valence-corrected chi connectivity index (χ1v) is 4.57. The molecule has 0 spiro atoms. The fourth-order valence-electron chi connectivity index (χ4n) is 1.22. The Morgan fingerprint density at radius 2 is 2.31 bits per heavy atom. The van der Waals surface area contributed by atoms with E-state index >= 15 is 0 Å². The molecule has 0 aromatic carbocycles. The zero-order valence-corrected chi connectivity index (χ0v) is 8.14. The Kier molecular flexibility index (Phi) is 2.14. The summed E-state index contributed by atoms with van der Waals surface area (Å²) in [4.78, 5) is 4.06. The van der Waals surface area contributed by atoms with Gasteiger partial charge in [0.1, 0.15) is 5.60 Å². The van der Waals surface area contributed by atoms with Crippen LogP contribution in [0.15, 0.2) is 18.3 Å². The van der Waals surface area contributed by atoms with Crippen molar-refractivity contribution in [3.8, 4) is 5.88 Å². The number of nitrogens with one attached hydrogen (secondary N) is 1. The molecule has 13 heavy (non-hydrogen) atoms. The molecule has 1 saturated heterocycles. The molecule has 1 fully saturated rings. The monoisotopic (exact) mass is 198 g/mol. The molecule has 0 radical (unpaired) electrons. The van der Waals surface area contributed by atoms with E-state index in [9.17, 15) is 0 Å². The molecule has 2 rings (SSSR count). The minimum absolute atomic E-state index is 0.0964. The van der Waals surface area contributed by atoms with E-state index in [-0.39, 0.29) is 5.60 Å². The number of pyridine rings is 1. The summed E-state index contributed by atoms with van der Waals surface area (Å²) in [7, 11) is 0. The zero-order valence-electron chi connectivity index (χ0n) is 7.38. The van der Waals surface area contributed by atoms with Crippen molar-refractivity contribution in [3.05, 3.63) is 23.4 Å². The largest absolute Gasteiger partial charge is 0.469 e. The van der Waals surface area contributed by atoms with Crippen molar-refractivity contribution >= 4 is 11.6 Å². The summed E-state index contributed by atoms with van der Waals surface area (Å²) in [5, 5.41) is 3.78. The van der Waals surface area contributed by atoms with Gasteiger partial charge in [-0.15, -0.1) is 0 Å². The summed E-state index contributed by atoms with van der Waals surface area (Å²) in [5.41, 5.74) is -0.0964. The van der Waals surface area contributed by atoms with Crippen LogP contribution in [0.5, 0.6) is 5.88 Å². The van der Waals surface area contributed by atoms with Crippen molar-refractivity contribution < 1.29 is 4.74 Å². The number of hydrogen-bond donors (Lipinski definition) is 1. The van der Waals surface area contributed by atoms with Gasteiger partial charge in [0.2, 0.25) is 5.88 Å². The van der Waals surface area contributed by atoms with Gasteiger partial charge in [0.25, 0.3) is 0 Å². The Hall–Kier alpha value is -0.800. The van der Waals surface area contributed by atoms with Gasteiger partial charge < -0.3 is 10.1 Å². The predicted octanol–water partition coefficient (Wildman–Crippen LogP) is 1.48. The van der Waals surface area contributed by atoms with E-state index in [4.69, 9.17) is 16.3 Å². The molecular formula is C9H11ClN2O. The van der Waals surface area contributed by atoms with Gasteiger partial charge in [-0.2, -0.15) is 0 Å². The highest BCUT2D eigenvalue weighted by Crippen LogP contribution is 2.20. The van der Waals surface area contributed by atoms with Gasteiger partial charge in [-0.1, -0.05) is 11.6 Å². The zero-order chi connectivity index (χ0) is 9.31. The fraction of sp³-hybridized carbons (Fsp3) is 0.444. The summed E-state index contributed by atoms with van der Waals surface area (Å²) in [6.45, 7) is 3.80. The highest BCUT2D eigenvalue weighted by atomic mass is 35.5. The number of ether oxygens (including phenoxy) is 1. The van der Waals surface area contributed by atoms with Crippen molar-refractivity contribution in [1.29, 1.82) is 0 Å². The molecule has 0 bridgehead atoms. The molecule has 70 valence electrons. The van der Waals surface area contributed by atoms with Crippen LogP contribution in [0.2, 0.25) is 5.02 Å². The number of nitrogens with zero attached hydrogens (tertiary/aromatic N) is 1. The van der Waals surface area contributed by atoms with Crippen LogP contribution in [0.25, 0.3) is 0 Å². The number of rotatable bonds is 2. The SMILES string of the molecule is CC1(Oc2ccc(Cl)cn2)CNC1. The standard InChI is InChI=1S/C9H11ClN2O/c1-9(5-11-6-9)13-8-3-2-7(10)4-12-8/h2-4,11H,5-6H2,1H3. The third-order valence-corrected chi connectivity index (χ3v) is 2.27. The van der Waals surface area contributed by atoms with Crippen molar-refractivity contribution in [2.24, 2.45) is 0 Å². The summed E-state index contributed by atoms with van der Waals surface area (Å²) in [6.07, 6.45) is 1.59. The molecule has 3 nitrogen and oxygen atoms in total. The van der Waals surface area contributed by atoms with Gasteiger partial charge in [0.05, 0.1) is 5.02 Å². The van der Waals surface area contributed by atoms with Gasteiger partial charge in [-0.05, 0) is 13.0 Å². The number of halogens is 1. The van der Waals surface area contributed by atoms with Crippen LogP contribution in [0, 0.1) is 0 Å². The molecule has 1 aliphatic heterocycles. The van der Waals surface area contributed by atoms with E-state index in [2.05, 4.69) is 17.2 Å². The van der Waals surface area contributed by atoms with Crippen LogP contribution >= 0.6 is 11.6 Å². The fourth-order valence-corrected chi connectivity index (χ4v) is 1.34. The van der Waals surface area contributed by atoms with E-state index < -0.39 is 0 Å². The highest BCUT2D eigenvalue weighted by molar-refractivity contribution is 6.30. The van der Waals surface area contributed by atoms with E-state index in [1.807, 2.05) is 0 Å². The second-order valence-electron chi connectivity index (χ2n) is 3.47. The van der Waals surface area contributed by atoms with E-state index in [1.54, 1.807) is 18.3 Å². The van der Waals surface area contributed by atoms with Gasteiger partial charge in [0, 0.05) is 25.4 Å². The van der Waals surface area contributed by atoms with Gasteiger partial charge in [-0.25, -0.2) is 4.98 Å². The minimum Gasteiger partial charge on any atom is -0.469 e. The first-order valence-electron chi connectivity index (χ1n) is 4.19. The number of aromatic nitrogens is 1.